The molecule has 0 saturated heterocycles. The van der Waals surface area contributed by atoms with Crippen LogP contribution < -0.4 is 4.74 Å². The number of rotatable bonds is 7. The summed E-state index contributed by atoms with van der Waals surface area (Å²) in [5.41, 5.74) is 0.595. The van der Waals surface area contributed by atoms with Crippen molar-refractivity contribution in [2.24, 2.45) is 0 Å². The summed E-state index contributed by atoms with van der Waals surface area (Å²) in [7, 11) is 1.53. The van der Waals surface area contributed by atoms with Gasteiger partial charge >= 0.3 is 12.1 Å². The normalized spacial score (nSPS) is 13.3. The summed E-state index contributed by atoms with van der Waals surface area (Å²) in [6.07, 6.45) is -3.34. The lowest BCUT2D eigenvalue weighted by Crippen LogP contribution is -2.36. The van der Waals surface area contributed by atoms with Gasteiger partial charge in [-0.3, -0.25) is 0 Å². The Morgan fingerprint density at radius 3 is 2.23 bits per heavy atom. The number of carbonyl (C=O) groups is 2. The molecule has 0 heterocycles. The lowest BCUT2D eigenvalue weighted by atomic mass is 10.1. The number of aliphatic hydroxyl groups excluding tert-OH is 1. The maximum atomic E-state index is 14.1. The smallest absolute Gasteiger partial charge is 0.410 e. The number of aliphatic hydroxyl groups is 1. The van der Waals surface area contributed by atoms with Crippen molar-refractivity contribution in [3.8, 4) is 5.75 Å². The molecule has 1 N–H and O–H groups in total. The topological polar surface area (TPSA) is 76.1 Å². The molecule has 0 aromatic heterocycles. The van der Waals surface area contributed by atoms with E-state index in [9.17, 15) is 19.1 Å². The number of hydrogen-bond acceptors (Lipinski definition) is 5. The van der Waals surface area contributed by atoms with Crippen molar-refractivity contribution in [1.29, 1.82) is 0 Å². The van der Waals surface area contributed by atoms with Gasteiger partial charge in [0.05, 0.1) is 12.6 Å². The zero-order chi connectivity index (χ0) is 22.3. The van der Waals surface area contributed by atoms with Gasteiger partial charge in [-0.15, -0.1) is 0 Å². The largest absolute Gasteiger partial charge is 0.444 e. The number of ether oxygens (including phenoxy) is 2. The third-order valence-corrected chi connectivity index (χ3v) is 4.15. The third-order valence-electron chi connectivity index (χ3n) is 4.15. The summed E-state index contributed by atoms with van der Waals surface area (Å²) in [4.78, 5) is 25.2. The molecule has 7 heteroatoms. The monoisotopic (exact) mass is 417 g/mol. The van der Waals surface area contributed by atoms with E-state index in [4.69, 9.17) is 9.47 Å². The van der Waals surface area contributed by atoms with Crippen LogP contribution in [0.4, 0.5) is 9.18 Å². The average molecular weight is 417 g/mol. The van der Waals surface area contributed by atoms with E-state index in [-0.39, 0.29) is 18.7 Å². The summed E-state index contributed by atoms with van der Waals surface area (Å²) in [6, 6.07) is 14.9. The van der Waals surface area contributed by atoms with Gasteiger partial charge in [0.25, 0.3) is 0 Å². The van der Waals surface area contributed by atoms with Crippen LogP contribution in [-0.2, 0) is 16.0 Å². The van der Waals surface area contributed by atoms with Gasteiger partial charge in [-0.05, 0) is 44.0 Å². The molecule has 0 aliphatic heterocycles. The Labute approximate surface area is 176 Å². The second-order valence-electron chi connectivity index (χ2n) is 8.02. The van der Waals surface area contributed by atoms with E-state index in [1.807, 2.05) is 6.07 Å². The molecule has 2 atom stereocenters. The first kappa shape index (κ1) is 23.3. The minimum Gasteiger partial charge on any atom is -0.444 e. The summed E-state index contributed by atoms with van der Waals surface area (Å²) >= 11 is 0. The molecular weight excluding hydrogens is 389 g/mol. The zero-order valence-electron chi connectivity index (χ0n) is 17.7. The lowest BCUT2D eigenvalue weighted by Gasteiger charge is -2.26. The molecule has 0 radical (unpaired) electrons. The Morgan fingerprint density at radius 2 is 1.67 bits per heavy atom. The predicted molar refractivity (Wildman–Crippen MR) is 111 cm³/mol. The van der Waals surface area contributed by atoms with Crippen molar-refractivity contribution in [3.63, 3.8) is 0 Å². The molecule has 0 bridgehead atoms. The maximum absolute atomic E-state index is 14.1. The first-order chi connectivity index (χ1) is 14.0. The van der Waals surface area contributed by atoms with Crippen LogP contribution in [0.15, 0.2) is 54.6 Å². The van der Waals surface area contributed by atoms with Gasteiger partial charge in [0.15, 0.2) is 0 Å². The highest BCUT2D eigenvalue weighted by molar-refractivity contribution is 5.77. The van der Waals surface area contributed by atoms with Crippen molar-refractivity contribution < 1.29 is 28.6 Å². The second-order valence-corrected chi connectivity index (χ2v) is 8.02. The van der Waals surface area contributed by atoms with E-state index in [1.165, 1.54) is 24.1 Å². The number of benzene rings is 2. The first-order valence-corrected chi connectivity index (χ1v) is 9.67. The second kappa shape index (κ2) is 10.2. The van der Waals surface area contributed by atoms with Gasteiger partial charge in [-0.25, -0.2) is 14.0 Å². The van der Waals surface area contributed by atoms with Crippen molar-refractivity contribution in [1.82, 2.24) is 4.90 Å². The number of halogens is 1. The summed E-state index contributed by atoms with van der Waals surface area (Å²) in [5, 5.41) is 10.3. The Hall–Kier alpha value is -2.93. The van der Waals surface area contributed by atoms with Gasteiger partial charge in [0.2, 0.25) is 6.17 Å². The van der Waals surface area contributed by atoms with Gasteiger partial charge in [0, 0.05) is 13.5 Å². The number of likely N-dealkylation sites (N-methyl/N-ethyl adjacent to an activating group) is 1. The van der Waals surface area contributed by atoms with Crippen molar-refractivity contribution in [2.45, 2.75) is 45.1 Å². The highest BCUT2D eigenvalue weighted by atomic mass is 19.1. The number of amides is 1. The molecule has 2 unspecified atom stereocenters. The number of carbonyl (C=O) groups excluding carboxylic acids is 2. The molecule has 0 fully saturated rings. The fourth-order valence-electron chi connectivity index (χ4n) is 2.62. The Bertz CT molecular complexity index is 833. The van der Waals surface area contributed by atoms with Gasteiger partial charge in [-0.1, -0.05) is 42.5 Å². The first-order valence-electron chi connectivity index (χ1n) is 9.67. The van der Waals surface area contributed by atoms with Crippen molar-refractivity contribution >= 4 is 12.1 Å². The molecule has 2 aromatic rings. The fraction of sp³-hybridized carbons (Fsp3) is 0.391. The molecule has 30 heavy (non-hydrogen) atoms. The molecule has 0 aliphatic rings. The van der Waals surface area contributed by atoms with E-state index in [2.05, 4.69) is 0 Å². The number of nitrogens with zero attached hydrogens (tertiary/aromatic N) is 1. The van der Waals surface area contributed by atoms with E-state index < -0.39 is 29.9 Å². The molecule has 0 spiro atoms. The SMILES string of the molecule is CN(CC(O)c1ccc(OC(=O)C(F)Cc2ccccc2)cc1)C(=O)OC(C)(C)C. The van der Waals surface area contributed by atoms with Crippen LogP contribution in [0.2, 0.25) is 0 Å². The van der Waals surface area contributed by atoms with Crippen LogP contribution in [0.25, 0.3) is 0 Å². The molecule has 0 saturated carbocycles. The van der Waals surface area contributed by atoms with E-state index in [1.54, 1.807) is 57.2 Å². The quantitative estimate of drug-likeness (QED) is 0.543. The number of hydrogen-bond donors (Lipinski definition) is 1. The molecule has 162 valence electrons. The average Bonchev–Trinajstić information content (AvgIpc) is 2.67. The Kier molecular flexibility index (Phi) is 7.94. The molecule has 1 amide bonds. The van der Waals surface area contributed by atoms with Crippen LogP contribution >= 0.6 is 0 Å². The third kappa shape index (κ3) is 7.48. The molecular formula is C23H28FNO5. The number of alkyl halides is 1. The highest BCUT2D eigenvalue weighted by Gasteiger charge is 2.23. The summed E-state index contributed by atoms with van der Waals surface area (Å²) in [6.45, 7) is 5.31. The molecule has 2 aromatic carbocycles. The maximum Gasteiger partial charge on any atom is 0.410 e. The van der Waals surface area contributed by atoms with Crippen molar-refractivity contribution in [2.75, 3.05) is 13.6 Å². The fourth-order valence-corrected chi connectivity index (χ4v) is 2.62. The minimum atomic E-state index is -1.78. The highest BCUT2D eigenvalue weighted by Crippen LogP contribution is 2.20. The standard InChI is InChI=1S/C23H28FNO5/c1-23(2,3)30-22(28)25(4)15-20(26)17-10-12-18(13-11-17)29-21(27)19(24)14-16-8-6-5-7-9-16/h5-13,19-20,26H,14-15H2,1-4H3. The predicted octanol–water partition coefficient (Wildman–Crippen LogP) is 4.07. The van der Waals surface area contributed by atoms with Crippen LogP contribution in [0, 0.1) is 0 Å². The zero-order valence-corrected chi connectivity index (χ0v) is 17.7. The van der Waals surface area contributed by atoms with Crippen LogP contribution in [-0.4, -0.2) is 47.4 Å². The summed E-state index contributed by atoms with van der Waals surface area (Å²) in [5.74, 6) is -0.802. The van der Waals surface area contributed by atoms with E-state index in [0.717, 1.165) is 0 Å². The molecule has 6 nitrogen and oxygen atoms in total. The Balaban J connectivity index is 1.89. The van der Waals surface area contributed by atoms with Gasteiger partial charge < -0.3 is 19.5 Å². The minimum absolute atomic E-state index is 0.0255. The number of esters is 1. The van der Waals surface area contributed by atoms with Crippen molar-refractivity contribution in [3.05, 3.63) is 65.7 Å². The molecule has 0 aliphatic carbocycles. The molecule has 2 rings (SSSR count). The van der Waals surface area contributed by atoms with Gasteiger partial charge in [0.1, 0.15) is 11.4 Å². The van der Waals surface area contributed by atoms with Crippen LogP contribution in [0.5, 0.6) is 5.75 Å². The van der Waals surface area contributed by atoms with E-state index >= 15 is 0 Å². The Morgan fingerprint density at radius 1 is 1.07 bits per heavy atom. The van der Waals surface area contributed by atoms with Crippen LogP contribution in [0.3, 0.4) is 0 Å². The van der Waals surface area contributed by atoms with E-state index in [0.29, 0.717) is 11.1 Å². The summed E-state index contributed by atoms with van der Waals surface area (Å²) < 4.78 is 24.5. The lowest BCUT2D eigenvalue weighted by molar-refractivity contribution is -0.139. The van der Waals surface area contributed by atoms with Gasteiger partial charge in [-0.2, -0.15) is 0 Å². The van der Waals surface area contributed by atoms with Crippen LogP contribution in [0.1, 0.15) is 38.0 Å².